The molecule has 0 atom stereocenters. The summed E-state index contributed by atoms with van der Waals surface area (Å²) < 4.78 is 50.7. The summed E-state index contributed by atoms with van der Waals surface area (Å²) in [7, 11) is 0. The third-order valence-electron chi connectivity index (χ3n) is 2.57. The first-order valence-corrected chi connectivity index (χ1v) is 5.96. The van der Waals surface area contributed by atoms with Crippen LogP contribution in [0.5, 0.6) is 0 Å². The molecule has 2 nitrogen and oxygen atoms in total. The molecule has 0 aliphatic carbocycles. The van der Waals surface area contributed by atoms with Gasteiger partial charge in [-0.05, 0) is 12.1 Å². The average molecular weight is 305 g/mol. The molecular formula is C13H9ClF4N2. The fraction of sp³-hybridized carbons (Fsp3) is 0.154. The number of anilines is 1. The molecule has 0 unspecified atom stereocenters. The Labute approximate surface area is 117 Å². The average Bonchev–Trinajstić information content (AvgIpc) is 2.38. The molecule has 2 rings (SSSR count). The highest BCUT2D eigenvalue weighted by atomic mass is 35.5. The van der Waals surface area contributed by atoms with Crippen molar-refractivity contribution in [2.75, 3.05) is 5.32 Å². The lowest BCUT2D eigenvalue weighted by Crippen LogP contribution is -2.08. The van der Waals surface area contributed by atoms with E-state index in [4.69, 9.17) is 11.6 Å². The summed E-state index contributed by atoms with van der Waals surface area (Å²) in [5.74, 6) is -0.342. The maximum absolute atomic E-state index is 13.4. The molecular weight excluding hydrogens is 296 g/mol. The van der Waals surface area contributed by atoms with Crippen LogP contribution in [-0.4, -0.2) is 4.98 Å². The lowest BCUT2D eigenvalue weighted by atomic mass is 10.2. The number of aromatic nitrogens is 1. The lowest BCUT2D eigenvalue weighted by molar-refractivity contribution is -0.137. The van der Waals surface area contributed by atoms with E-state index in [1.807, 2.05) is 0 Å². The summed E-state index contributed by atoms with van der Waals surface area (Å²) in [5.41, 5.74) is -0.566. The summed E-state index contributed by atoms with van der Waals surface area (Å²) in [6.45, 7) is 0.0742. The maximum atomic E-state index is 13.4. The van der Waals surface area contributed by atoms with Gasteiger partial charge in [0.25, 0.3) is 0 Å². The van der Waals surface area contributed by atoms with E-state index in [2.05, 4.69) is 10.3 Å². The van der Waals surface area contributed by atoms with Gasteiger partial charge in [-0.1, -0.05) is 29.8 Å². The van der Waals surface area contributed by atoms with E-state index in [0.29, 0.717) is 11.8 Å². The van der Waals surface area contributed by atoms with E-state index in [0.717, 1.165) is 6.07 Å². The quantitative estimate of drug-likeness (QED) is 0.844. The van der Waals surface area contributed by atoms with Crippen molar-refractivity contribution < 1.29 is 17.6 Å². The Hall–Kier alpha value is -1.82. The predicted molar refractivity (Wildman–Crippen MR) is 68.0 cm³/mol. The zero-order chi connectivity index (χ0) is 14.8. The van der Waals surface area contributed by atoms with Gasteiger partial charge in [-0.15, -0.1) is 0 Å². The highest BCUT2D eigenvalue weighted by Crippen LogP contribution is 2.32. The van der Waals surface area contributed by atoms with Crippen LogP contribution in [0.25, 0.3) is 0 Å². The van der Waals surface area contributed by atoms with Gasteiger partial charge < -0.3 is 5.32 Å². The topological polar surface area (TPSA) is 24.9 Å². The molecule has 1 N–H and O–H groups in total. The van der Waals surface area contributed by atoms with E-state index in [-0.39, 0.29) is 17.4 Å². The smallest absolute Gasteiger partial charge is 0.365 e. The summed E-state index contributed by atoms with van der Waals surface area (Å²) in [6, 6.07) is 6.82. The van der Waals surface area contributed by atoms with Crippen molar-refractivity contribution in [3.05, 3.63) is 58.5 Å². The minimum absolute atomic E-state index is 0.0721. The van der Waals surface area contributed by atoms with Crippen LogP contribution in [0.4, 0.5) is 23.4 Å². The first-order valence-electron chi connectivity index (χ1n) is 5.58. The Morgan fingerprint density at radius 2 is 1.90 bits per heavy atom. The molecule has 0 saturated heterocycles. The highest BCUT2D eigenvalue weighted by molar-refractivity contribution is 6.32. The van der Waals surface area contributed by atoms with Gasteiger partial charge in [0, 0.05) is 18.3 Å². The number of pyridine rings is 1. The van der Waals surface area contributed by atoms with Gasteiger partial charge in [0.15, 0.2) is 0 Å². The second-order valence-corrected chi connectivity index (χ2v) is 4.40. The number of nitrogens with zero attached hydrogens (tertiary/aromatic N) is 1. The molecule has 0 amide bonds. The van der Waals surface area contributed by atoms with E-state index < -0.39 is 17.6 Å². The molecule has 7 heteroatoms. The molecule has 0 aliphatic rings. The molecule has 0 bridgehead atoms. The molecule has 0 radical (unpaired) electrons. The van der Waals surface area contributed by atoms with Gasteiger partial charge in [0.2, 0.25) is 0 Å². The number of hydrogen-bond acceptors (Lipinski definition) is 2. The first kappa shape index (κ1) is 14.6. The van der Waals surface area contributed by atoms with Gasteiger partial charge in [0.1, 0.15) is 11.6 Å². The van der Waals surface area contributed by atoms with Crippen molar-refractivity contribution in [1.29, 1.82) is 0 Å². The van der Waals surface area contributed by atoms with Crippen LogP contribution in [-0.2, 0) is 12.7 Å². The molecule has 106 valence electrons. The molecule has 1 heterocycles. The minimum atomic E-state index is -4.50. The number of benzene rings is 1. The number of nitrogens with one attached hydrogen (secondary N) is 1. The van der Waals surface area contributed by atoms with Crippen LogP contribution >= 0.6 is 11.6 Å². The van der Waals surface area contributed by atoms with E-state index >= 15 is 0 Å². The van der Waals surface area contributed by atoms with Crippen molar-refractivity contribution in [2.45, 2.75) is 12.7 Å². The molecule has 2 aromatic rings. The van der Waals surface area contributed by atoms with E-state index in [1.54, 1.807) is 18.2 Å². The summed E-state index contributed by atoms with van der Waals surface area (Å²) in [4.78, 5) is 3.60. The van der Waals surface area contributed by atoms with Crippen molar-refractivity contribution in [3.63, 3.8) is 0 Å². The van der Waals surface area contributed by atoms with Gasteiger partial charge in [-0.3, -0.25) is 0 Å². The maximum Gasteiger partial charge on any atom is 0.417 e. The summed E-state index contributed by atoms with van der Waals surface area (Å²) in [6.07, 6.45) is -3.82. The van der Waals surface area contributed by atoms with Crippen LogP contribution in [0, 0.1) is 5.82 Å². The third kappa shape index (κ3) is 3.39. The Kier molecular flexibility index (Phi) is 4.13. The van der Waals surface area contributed by atoms with Crippen molar-refractivity contribution in [1.82, 2.24) is 4.98 Å². The highest BCUT2D eigenvalue weighted by Gasteiger charge is 2.31. The lowest BCUT2D eigenvalue weighted by Gasteiger charge is -2.11. The molecule has 0 aliphatic heterocycles. The van der Waals surface area contributed by atoms with Crippen LogP contribution < -0.4 is 5.32 Å². The monoisotopic (exact) mass is 304 g/mol. The first-order chi connectivity index (χ1) is 9.38. The third-order valence-corrected chi connectivity index (χ3v) is 2.86. The van der Waals surface area contributed by atoms with Crippen molar-refractivity contribution in [2.24, 2.45) is 0 Å². The molecule has 20 heavy (non-hydrogen) atoms. The number of rotatable bonds is 3. The standard InChI is InChI=1S/C13H9ClF4N2/c14-10-5-9(13(16,17)18)7-20-12(10)19-6-8-3-1-2-4-11(8)15/h1-5,7H,6H2,(H,19,20). The van der Waals surface area contributed by atoms with Gasteiger partial charge in [0.05, 0.1) is 10.6 Å². The number of alkyl halides is 3. The van der Waals surface area contributed by atoms with Crippen LogP contribution in [0.2, 0.25) is 5.02 Å². The van der Waals surface area contributed by atoms with Gasteiger partial charge >= 0.3 is 6.18 Å². The molecule has 0 saturated carbocycles. The SMILES string of the molecule is Fc1ccccc1CNc1ncc(C(F)(F)F)cc1Cl. The fourth-order valence-corrected chi connectivity index (χ4v) is 1.78. The molecule has 0 spiro atoms. The Morgan fingerprint density at radius 3 is 2.50 bits per heavy atom. The minimum Gasteiger partial charge on any atom is -0.365 e. The van der Waals surface area contributed by atoms with E-state index in [9.17, 15) is 17.6 Å². The number of halogens is 5. The Morgan fingerprint density at radius 1 is 1.20 bits per heavy atom. The Balaban J connectivity index is 2.13. The van der Waals surface area contributed by atoms with Gasteiger partial charge in [-0.25, -0.2) is 9.37 Å². The zero-order valence-electron chi connectivity index (χ0n) is 10.0. The zero-order valence-corrected chi connectivity index (χ0v) is 10.8. The summed E-state index contributed by atoms with van der Waals surface area (Å²) >= 11 is 5.72. The largest absolute Gasteiger partial charge is 0.417 e. The van der Waals surface area contributed by atoms with E-state index in [1.165, 1.54) is 6.07 Å². The normalized spacial score (nSPS) is 11.4. The second-order valence-electron chi connectivity index (χ2n) is 4.00. The van der Waals surface area contributed by atoms with Crippen LogP contribution in [0.3, 0.4) is 0 Å². The van der Waals surface area contributed by atoms with Crippen molar-refractivity contribution >= 4 is 17.4 Å². The Bertz CT molecular complexity index is 614. The molecule has 1 aromatic heterocycles. The van der Waals surface area contributed by atoms with Crippen LogP contribution in [0.1, 0.15) is 11.1 Å². The second kappa shape index (κ2) is 5.66. The molecule has 0 fully saturated rings. The van der Waals surface area contributed by atoms with Crippen molar-refractivity contribution in [3.8, 4) is 0 Å². The predicted octanol–water partition coefficient (Wildman–Crippen LogP) is 4.51. The summed E-state index contributed by atoms with van der Waals surface area (Å²) in [5, 5.41) is 2.53. The van der Waals surface area contributed by atoms with Crippen LogP contribution in [0.15, 0.2) is 36.5 Å². The number of hydrogen-bond donors (Lipinski definition) is 1. The molecule has 1 aromatic carbocycles. The van der Waals surface area contributed by atoms with Gasteiger partial charge in [-0.2, -0.15) is 13.2 Å². The fourth-order valence-electron chi connectivity index (χ4n) is 1.54.